The number of hydrogen-bond donors (Lipinski definition) is 0. The Morgan fingerprint density at radius 1 is 1.12 bits per heavy atom. The topological polar surface area (TPSA) is 63.7 Å². The minimum atomic E-state index is -3.72. The second kappa shape index (κ2) is 6.52. The van der Waals surface area contributed by atoms with E-state index < -0.39 is 15.9 Å². The van der Waals surface area contributed by atoms with Crippen molar-refractivity contribution in [1.29, 1.82) is 0 Å². The van der Waals surface area contributed by atoms with Gasteiger partial charge in [-0.05, 0) is 44.0 Å². The molecule has 2 unspecified atom stereocenters. The number of para-hydroxylation sites is 1. The summed E-state index contributed by atoms with van der Waals surface area (Å²) in [5.74, 6) is -0.799. The second-order valence-corrected chi connectivity index (χ2v) is 8.15. The van der Waals surface area contributed by atoms with Crippen molar-refractivity contribution < 1.29 is 17.9 Å². The number of anilines is 1. The lowest BCUT2D eigenvalue weighted by Crippen LogP contribution is -2.44. The van der Waals surface area contributed by atoms with Crippen LogP contribution in [-0.2, 0) is 19.6 Å². The standard InChI is InChI=1S/C19H21NO4S/c1-13-8-10-15(11-9-13)25(22,23)20-14(2)12-17(19(21)24-3)16-6-4-5-7-18(16)20/h4-11,14,17H,12H2,1-3H3. The zero-order chi connectivity index (χ0) is 18.2. The van der Waals surface area contributed by atoms with Crippen molar-refractivity contribution in [3.8, 4) is 0 Å². The van der Waals surface area contributed by atoms with Crippen LogP contribution in [0.3, 0.4) is 0 Å². The molecule has 0 saturated heterocycles. The monoisotopic (exact) mass is 359 g/mol. The normalized spacial score (nSPS) is 20.0. The highest BCUT2D eigenvalue weighted by molar-refractivity contribution is 7.92. The first-order valence-corrected chi connectivity index (χ1v) is 9.58. The summed E-state index contributed by atoms with van der Waals surface area (Å²) < 4.78 is 32.8. The van der Waals surface area contributed by atoms with Gasteiger partial charge in [0.05, 0.1) is 23.6 Å². The van der Waals surface area contributed by atoms with Crippen LogP contribution in [0.5, 0.6) is 0 Å². The van der Waals surface area contributed by atoms with Crippen LogP contribution in [0.15, 0.2) is 53.4 Å². The molecule has 2 aromatic carbocycles. The number of hydrogen-bond acceptors (Lipinski definition) is 4. The molecule has 1 heterocycles. The van der Waals surface area contributed by atoms with Gasteiger partial charge in [-0.1, -0.05) is 35.9 Å². The fourth-order valence-electron chi connectivity index (χ4n) is 3.34. The Morgan fingerprint density at radius 3 is 2.40 bits per heavy atom. The average molecular weight is 359 g/mol. The van der Waals surface area contributed by atoms with Gasteiger partial charge >= 0.3 is 5.97 Å². The number of aryl methyl sites for hydroxylation is 1. The van der Waals surface area contributed by atoms with E-state index in [1.54, 1.807) is 48.5 Å². The lowest BCUT2D eigenvalue weighted by Gasteiger charge is -2.38. The van der Waals surface area contributed by atoms with E-state index in [0.717, 1.165) is 5.56 Å². The SMILES string of the molecule is COC(=O)C1CC(C)N(S(=O)(=O)c2ccc(C)cc2)c2ccccc21. The number of nitrogens with zero attached hydrogens (tertiary/aromatic N) is 1. The summed E-state index contributed by atoms with van der Waals surface area (Å²) >= 11 is 0. The van der Waals surface area contributed by atoms with Crippen LogP contribution in [0.25, 0.3) is 0 Å². The predicted octanol–water partition coefficient (Wildman–Crippen LogP) is 3.24. The average Bonchev–Trinajstić information content (AvgIpc) is 2.60. The Kier molecular flexibility index (Phi) is 4.56. The summed E-state index contributed by atoms with van der Waals surface area (Å²) in [5, 5.41) is 0. The van der Waals surface area contributed by atoms with Crippen LogP contribution in [0.4, 0.5) is 5.69 Å². The lowest BCUT2D eigenvalue weighted by molar-refractivity contribution is -0.142. The van der Waals surface area contributed by atoms with Gasteiger partial charge in [-0.25, -0.2) is 8.42 Å². The molecule has 2 atom stereocenters. The van der Waals surface area contributed by atoms with E-state index in [0.29, 0.717) is 17.7 Å². The summed E-state index contributed by atoms with van der Waals surface area (Å²) in [6.07, 6.45) is 0.384. The van der Waals surface area contributed by atoms with Gasteiger partial charge in [0.1, 0.15) is 0 Å². The predicted molar refractivity (Wildman–Crippen MR) is 96.1 cm³/mol. The van der Waals surface area contributed by atoms with Crippen molar-refractivity contribution in [2.24, 2.45) is 0 Å². The van der Waals surface area contributed by atoms with Gasteiger partial charge in [0.2, 0.25) is 0 Å². The third-order valence-electron chi connectivity index (χ3n) is 4.59. The molecule has 0 aliphatic carbocycles. The molecule has 25 heavy (non-hydrogen) atoms. The van der Waals surface area contributed by atoms with Gasteiger partial charge in [-0.3, -0.25) is 9.10 Å². The summed E-state index contributed by atoms with van der Waals surface area (Å²) in [4.78, 5) is 12.4. The quantitative estimate of drug-likeness (QED) is 0.789. The van der Waals surface area contributed by atoms with E-state index in [-0.39, 0.29) is 16.9 Å². The maximum atomic E-state index is 13.2. The molecule has 1 aliphatic rings. The first kappa shape index (κ1) is 17.5. The number of carbonyl (C=O) groups is 1. The molecule has 6 heteroatoms. The van der Waals surface area contributed by atoms with Crippen LogP contribution in [0.2, 0.25) is 0 Å². The molecule has 3 rings (SSSR count). The number of methoxy groups -OCH3 is 1. The number of esters is 1. The molecular formula is C19H21NO4S. The van der Waals surface area contributed by atoms with Crippen molar-refractivity contribution in [2.45, 2.75) is 37.1 Å². The Labute approximate surface area is 148 Å². The first-order valence-electron chi connectivity index (χ1n) is 8.14. The minimum absolute atomic E-state index is 0.247. The van der Waals surface area contributed by atoms with E-state index in [1.807, 2.05) is 13.8 Å². The largest absolute Gasteiger partial charge is 0.469 e. The zero-order valence-electron chi connectivity index (χ0n) is 14.5. The molecule has 1 aliphatic heterocycles. The van der Waals surface area contributed by atoms with Gasteiger partial charge in [0.15, 0.2) is 0 Å². The second-order valence-electron chi connectivity index (χ2n) is 6.33. The number of benzene rings is 2. The van der Waals surface area contributed by atoms with Crippen molar-refractivity contribution in [2.75, 3.05) is 11.4 Å². The molecule has 132 valence electrons. The summed E-state index contributed by atoms with van der Waals surface area (Å²) in [6, 6.07) is 13.6. The third-order valence-corrected chi connectivity index (χ3v) is 6.53. The van der Waals surface area contributed by atoms with E-state index in [9.17, 15) is 13.2 Å². The molecule has 0 saturated carbocycles. The van der Waals surface area contributed by atoms with Crippen LogP contribution >= 0.6 is 0 Å². The molecule has 0 spiro atoms. The number of sulfonamides is 1. The van der Waals surface area contributed by atoms with Crippen molar-refractivity contribution in [3.63, 3.8) is 0 Å². The first-order chi connectivity index (χ1) is 11.9. The molecule has 0 bridgehead atoms. The minimum Gasteiger partial charge on any atom is -0.469 e. The maximum Gasteiger partial charge on any atom is 0.313 e. The molecule has 0 amide bonds. The van der Waals surface area contributed by atoms with Crippen LogP contribution in [0.1, 0.15) is 30.4 Å². The number of rotatable bonds is 3. The van der Waals surface area contributed by atoms with Crippen molar-refractivity contribution >= 4 is 21.7 Å². The van der Waals surface area contributed by atoms with Crippen LogP contribution in [0, 0.1) is 6.92 Å². The van der Waals surface area contributed by atoms with E-state index >= 15 is 0 Å². The number of carbonyl (C=O) groups excluding carboxylic acids is 1. The molecule has 5 nitrogen and oxygen atoms in total. The highest BCUT2D eigenvalue weighted by Crippen LogP contribution is 2.41. The Bertz CT molecular complexity index is 890. The molecular weight excluding hydrogens is 338 g/mol. The zero-order valence-corrected chi connectivity index (χ0v) is 15.3. The summed E-state index contributed by atoms with van der Waals surface area (Å²) in [6.45, 7) is 3.73. The van der Waals surface area contributed by atoms with Crippen LogP contribution < -0.4 is 4.31 Å². The van der Waals surface area contributed by atoms with Gasteiger partial charge in [-0.2, -0.15) is 0 Å². The fraction of sp³-hybridized carbons (Fsp3) is 0.316. The van der Waals surface area contributed by atoms with E-state index in [4.69, 9.17) is 4.74 Å². The third kappa shape index (κ3) is 3.02. The van der Waals surface area contributed by atoms with Gasteiger partial charge in [0.25, 0.3) is 10.0 Å². The summed E-state index contributed by atoms with van der Waals surface area (Å²) in [7, 11) is -2.36. The number of fused-ring (bicyclic) bond motifs is 1. The van der Waals surface area contributed by atoms with Gasteiger partial charge in [-0.15, -0.1) is 0 Å². The Balaban J connectivity index is 2.13. The molecule has 2 aromatic rings. The smallest absolute Gasteiger partial charge is 0.313 e. The maximum absolute atomic E-state index is 13.2. The lowest BCUT2D eigenvalue weighted by atomic mass is 9.87. The molecule has 0 radical (unpaired) electrons. The van der Waals surface area contributed by atoms with Gasteiger partial charge < -0.3 is 4.74 Å². The number of ether oxygens (including phenoxy) is 1. The van der Waals surface area contributed by atoms with Crippen molar-refractivity contribution in [3.05, 3.63) is 59.7 Å². The Morgan fingerprint density at radius 2 is 1.76 bits per heavy atom. The van der Waals surface area contributed by atoms with Gasteiger partial charge in [0, 0.05) is 6.04 Å². The molecule has 0 fully saturated rings. The molecule has 0 N–H and O–H groups in total. The highest BCUT2D eigenvalue weighted by Gasteiger charge is 2.40. The van der Waals surface area contributed by atoms with E-state index in [2.05, 4.69) is 0 Å². The van der Waals surface area contributed by atoms with Crippen LogP contribution in [-0.4, -0.2) is 27.5 Å². The van der Waals surface area contributed by atoms with E-state index in [1.165, 1.54) is 11.4 Å². The Hall–Kier alpha value is -2.34. The molecule has 0 aromatic heterocycles. The summed E-state index contributed by atoms with van der Waals surface area (Å²) in [5.41, 5.74) is 2.22. The fourth-order valence-corrected chi connectivity index (χ4v) is 5.03. The highest BCUT2D eigenvalue weighted by atomic mass is 32.2. The van der Waals surface area contributed by atoms with Crippen molar-refractivity contribution in [1.82, 2.24) is 0 Å².